The number of ether oxygens (including phenoxy) is 1. The molecule has 0 amide bonds. The van der Waals surface area contributed by atoms with Crippen LogP contribution in [0.15, 0.2) is 30.3 Å². The zero-order valence-corrected chi connectivity index (χ0v) is 13.0. The molecule has 0 saturated carbocycles. The summed E-state index contributed by atoms with van der Waals surface area (Å²) in [4.78, 5) is 0. The monoisotopic (exact) mass is 300 g/mol. The topological polar surface area (TPSA) is 59.0 Å². The number of benzene rings is 2. The van der Waals surface area contributed by atoms with Gasteiger partial charge in [0.2, 0.25) is 0 Å². The summed E-state index contributed by atoms with van der Waals surface area (Å²) in [5, 5.41) is 9.49. The molecule has 3 nitrogen and oxygen atoms in total. The second-order valence-corrected chi connectivity index (χ2v) is 5.54. The van der Waals surface area contributed by atoms with Gasteiger partial charge in [-0.2, -0.15) is 5.26 Å². The van der Waals surface area contributed by atoms with Crippen LogP contribution in [-0.2, 0) is 0 Å². The highest BCUT2D eigenvalue weighted by atomic mass is 35.5. The Kier molecular flexibility index (Phi) is 4.52. The Balaban J connectivity index is 2.37. The highest BCUT2D eigenvalue weighted by molar-refractivity contribution is 6.32. The summed E-state index contributed by atoms with van der Waals surface area (Å²) in [7, 11) is 0. The summed E-state index contributed by atoms with van der Waals surface area (Å²) in [6.07, 6.45) is 0. The SMILES string of the molecule is Cc1cc(C#N)cc(C)c1Oc1ccc(C(C)N)cc1Cl. The van der Waals surface area contributed by atoms with Gasteiger partial charge in [-0.15, -0.1) is 0 Å². The van der Waals surface area contributed by atoms with Gasteiger partial charge < -0.3 is 10.5 Å². The van der Waals surface area contributed by atoms with E-state index in [0.717, 1.165) is 22.4 Å². The summed E-state index contributed by atoms with van der Waals surface area (Å²) in [6, 6.07) is 11.2. The summed E-state index contributed by atoms with van der Waals surface area (Å²) >= 11 is 6.25. The molecule has 4 heteroatoms. The number of nitrogens with two attached hydrogens (primary N) is 1. The van der Waals surface area contributed by atoms with Gasteiger partial charge in [-0.05, 0) is 61.7 Å². The van der Waals surface area contributed by atoms with Crippen molar-refractivity contribution in [2.75, 3.05) is 0 Å². The summed E-state index contributed by atoms with van der Waals surface area (Å²) < 4.78 is 5.92. The first-order valence-electron chi connectivity index (χ1n) is 6.66. The van der Waals surface area contributed by atoms with Crippen LogP contribution in [0.5, 0.6) is 11.5 Å². The molecular formula is C17H17ClN2O. The van der Waals surface area contributed by atoms with Crippen LogP contribution in [0.3, 0.4) is 0 Å². The molecule has 0 heterocycles. The van der Waals surface area contributed by atoms with Crippen LogP contribution in [0.25, 0.3) is 0 Å². The van der Waals surface area contributed by atoms with Crippen molar-refractivity contribution < 1.29 is 4.74 Å². The Hall–Kier alpha value is -2.02. The molecule has 0 aromatic heterocycles. The van der Waals surface area contributed by atoms with E-state index in [1.54, 1.807) is 12.1 Å². The molecule has 0 aliphatic rings. The first-order chi connectivity index (χ1) is 9.92. The van der Waals surface area contributed by atoms with E-state index in [2.05, 4.69) is 6.07 Å². The zero-order valence-electron chi connectivity index (χ0n) is 12.3. The van der Waals surface area contributed by atoms with Gasteiger partial charge in [0.15, 0.2) is 0 Å². The van der Waals surface area contributed by atoms with E-state index < -0.39 is 0 Å². The number of nitrogens with zero attached hydrogens (tertiary/aromatic N) is 1. The fourth-order valence-electron chi connectivity index (χ4n) is 2.17. The molecule has 0 aliphatic carbocycles. The van der Waals surface area contributed by atoms with Crippen molar-refractivity contribution in [3.63, 3.8) is 0 Å². The van der Waals surface area contributed by atoms with Crippen LogP contribution >= 0.6 is 11.6 Å². The summed E-state index contributed by atoms with van der Waals surface area (Å²) in [5.74, 6) is 1.31. The van der Waals surface area contributed by atoms with Crippen molar-refractivity contribution in [3.05, 3.63) is 57.6 Å². The van der Waals surface area contributed by atoms with Gasteiger partial charge in [0, 0.05) is 6.04 Å². The van der Waals surface area contributed by atoms with Crippen molar-refractivity contribution >= 4 is 11.6 Å². The number of aryl methyl sites for hydroxylation is 2. The molecule has 2 aromatic rings. The average molecular weight is 301 g/mol. The molecule has 0 radical (unpaired) electrons. The van der Waals surface area contributed by atoms with E-state index in [-0.39, 0.29) is 6.04 Å². The van der Waals surface area contributed by atoms with Crippen LogP contribution in [-0.4, -0.2) is 0 Å². The third-order valence-electron chi connectivity index (χ3n) is 3.28. The first-order valence-corrected chi connectivity index (χ1v) is 7.04. The maximum absolute atomic E-state index is 8.97. The molecule has 0 saturated heterocycles. The molecular weight excluding hydrogens is 284 g/mol. The Bertz CT molecular complexity index is 694. The Labute approximate surface area is 129 Å². The van der Waals surface area contributed by atoms with E-state index >= 15 is 0 Å². The van der Waals surface area contributed by atoms with Crippen molar-refractivity contribution in [2.24, 2.45) is 5.73 Å². The van der Waals surface area contributed by atoms with E-state index in [1.807, 2.05) is 39.0 Å². The van der Waals surface area contributed by atoms with Gasteiger partial charge in [-0.25, -0.2) is 0 Å². The lowest BCUT2D eigenvalue weighted by Crippen LogP contribution is -2.04. The zero-order chi connectivity index (χ0) is 15.6. The molecule has 2 N–H and O–H groups in total. The number of halogens is 1. The van der Waals surface area contributed by atoms with Crippen LogP contribution in [0.2, 0.25) is 5.02 Å². The smallest absolute Gasteiger partial charge is 0.146 e. The lowest BCUT2D eigenvalue weighted by Gasteiger charge is -2.14. The molecule has 2 rings (SSSR count). The second kappa shape index (κ2) is 6.17. The lowest BCUT2D eigenvalue weighted by atomic mass is 10.1. The molecule has 0 bridgehead atoms. The number of hydrogen-bond donors (Lipinski definition) is 1. The molecule has 0 aliphatic heterocycles. The molecule has 1 atom stereocenters. The molecule has 21 heavy (non-hydrogen) atoms. The van der Waals surface area contributed by atoms with E-state index in [9.17, 15) is 0 Å². The minimum absolute atomic E-state index is 0.0741. The summed E-state index contributed by atoms with van der Waals surface area (Å²) in [6.45, 7) is 5.72. The average Bonchev–Trinajstić information content (AvgIpc) is 2.43. The van der Waals surface area contributed by atoms with Crippen LogP contribution in [0, 0.1) is 25.2 Å². The highest BCUT2D eigenvalue weighted by Crippen LogP contribution is 2.35. The summed E-state index contributed by atoms with van der Waals surface area (Å²) in [5.41, 5.74) is 9.22. The lowest BCUT2D eigenvalue weighted by molar-refractivity contribution is 0.475. The fourth-order valence-corrected chi connectivity index (χ4v) is 2.40. The largest absolute Gasteiger partial charge is 0.455 e. The van der Waals surface area contributed by atoms with E-state index in [0.29, 0.717) is 16.3 Å². The van der Waals surface area contributed by atoms with Crippen LogP contribution in [0.4, 0.5) is 0 Å². The Morgan fingerprint density at radius 3 is 2.29 bits per heavy atom. The fraction of sp³-hybridized carbons (Fsp3) is 0.235. The van der Waals surface area contributed by atoms with Crippen LogP contribution < -0.4 is 10.5 Å². The van der Waals surface area contributed by atoms with Gasteiger partial charge >= 0.3 is 0 Å². The van der Waals surface area contributed by atoms with Crippen molar-refractivity contribution in [1.82, 2.24) is 0 Å². The third kappa shape index (κ3) is 3.36. The maximum Gasteiger partial charge on any atom is 0.146 e. The highest BCUT2D eigenvalue weighted by Gasteiger charge is 2.11. The Morgan fingerprint density at radius 1 is 1.19 bits per heavy atom. The molecule has 1 unspecified atom stereocenters. The standard InChI is InChI=1S/C17H17ClN2O/c1-10-6-13(9-19)7-11(2)17(10)21-16-5-4-14(12(3)20)8-15(16)18/h4-8,12H,20H2,1-3H3. The quantitative estimate of drug-likeness (QED) is 0.898. The molecule has 0 spiro atoms. The van der Waals surface area contributed by atoms with E-state index in [4.69, 9.17) is 27.3 Å². The maximum atomic E-state index is 8.97. The van der Waals surface area contributed by atoms with Crippen molar-refractivity contribution in [1.29, 1.82) is 5.26 Å². The Morgan fingerprint density at radius 2 is 1.81 bits per heavy atom. The normalized spacial score (nSPS) is 11.8. The van der Waals surface area contributed by atoms with Crippen molar-refractivity contribution in [2.45, 2.75) is 26.8 Å². The van der Waals surface area contributed by atoms with Crippen LogP contribution in [0.1, 0.15) is 35.2 Å². The van der Waals surface area contributed by atoms with Gasteiger partial charge in [0.25, 0.3) is 0 Å². The van der Waals surface area contributed by atoms with Gasteiger partial charge in [0.1, 0.15) is 11.5 Å². The van der Waals surface area contributed by atoms with Gasteiger partial charge in [0.05, 0.1) is 16.7 Å². The third-order valence-corrected chi connectivity index (χ3v) is 3.58. The number of nitriles is 1. The first kappa shape index (κ1) is 15.4. The van der Waals surface area contributed by atoms with Gasteiger partial charge in [-0.3, -0.25) is 0 Å². The van der Waals surface area contributed by atoms with Crippen molar-refractivity contribution in [3.8, 4) is 17.6 Å². The predicted octanol–water partition coefficient (Wildman–Crippen LogP) is 4.64. The minimum Gasteiger partial charge on any atom is -0.455 e. The molecule has 2 aromatic carbocycles. The molecule has 108 valence electrons. The van der Waals surface area contributed by atoms with E-state index in [1.165, 1.54) is 0 Å². The van der Waals surface area contributed by atoms with Gasteiger partial charge in [-0.1, -0.05) is 17.7 Å². The number of hydrogen-bond acceptors (Lipinski definition) is 3. The predicted molar refractivity (Wildman–Crippen MR) is 84.8 cm³/mol. The minimum atomic E-state index is -0.0741. The number of rotatable bonds is 3. The second-order valence-electron chi connectivity index (χ2n) is 5.13. The molecule has 0 fully saturated rings.